The van der Waals surface area contributed by atoms with Gasteiger partial charge in [0, 0.05) is 16.4 Å². The molecule has 0 amide bonds. The summed E-state index contributed by atoms with van der Waals surface area (Å²) >= 11 is 8.90. The molecule has 3 heterocycles. The number of nitrogens with one attached hydrogen (secondary N) is 1. The molecule has 2 aromatic carbocycles. The van der Waals surface area contributed by atoms with Gasteiger partial charge in [-0.05, 0) is 78.9 Å². The number of benzene rings is 2. The lowest BCUT2D eigenvalue weighted by atomic mass is 10.0. The van der Waals surface area contributed by atoms with E-state index in [1.165, 1.54) is 18.2 Å². The van der Waals surface area contributed by atoms with Gasteiger partial charge in [-0.1, -0.05) is 22.0 Å². The smallest absolute Gasteiger partial charge is 0.174 e. The Morgan fingerprint density at radius 2 is 1.81 bits per heavy atom. The number of furan rings is 1. The summed E-state index contributed by atoms with van der Waals surface area (Å²) in [6, 6.07) is 19.4. The molecule has 1 aliphatic heterocycles. The quantitative estimate of drug-likeness (QED) is 0.314. The first kappa shape index (κ1) is 20.8. The third-order valence-electron chi connectivity index (χ3n) is 5.32. The van der Waals surface area contributed by atoms with Crippen molar-refractivity contribution >= 4 is 38.9 Å². The Balaban J connectivity index is 1.60. The van der Waals surface area contributed by atoms with Crippen molar-refractivity contribution in [2.75, 3.05) is 4.90 Å². The van der Waals surface area contributed by atoms with Crippen LogP contribution in [-0.2, 0) is 0 Å². The van der Waals surface area contributed by atoms with E-state index in [9.17, 15) is 8.78 Å². The Labute approximate surface area is 197 Å². The summed E-state index contributed by atoms with van der Waals surface area (Å²) in [5, 5.41) is 3.77. The third kappa shape index (κ3) is 3.80. The normalized spacial score (nSPS) is 18.1. The standard InChI is InChI=1S/C24H16BrF2N3OS/c25-14-4-9-17(18(27)13-14)20-10-11-21(31-20)23-22(19-3-1-2-12-28-19)29-24(32)30(23)16-7-5-15(26)6-8-16/h1-13,22-23H,(H,29,32)/t22-,23-/m1/s1. The number of hydrogen-bond acceptors (Lipinski definition) is 3. The van der Waals surface area contributed by atoms with Gasteiger partial charge in [0.1, 0.15) is 29.2 Å². The Morgan fingerprint density at radius 1 is 1.00 bits per heavy atom. The molecule has 0 unspecified atom stereocenters. The second kappa shape index (κ2) is 8.44. The first-order valence-electron chi connectivity index (χ1n) is 9.82. The van der Waals surface area contributed by atoms with E-state index in [0.29, 0.717) is 32.4 Å². The van der Waals surface area contributed by atoms with Gasteiger partial charge in [0.15, 0.2) is 5.11 Å². The van der Waals surface area contributed by atoms with Crippen molar-refractivity contribution in [2.45, 2.75) is 12.1 Å². The van der Waals surface area contributed by atoms with Gasteiger partial charge in [-0.25, -0.2) is 8.78 Å². The predicted molar refractivity (Wildman–Crippen MR) is 126 cm³/mol. The van der Waals surface area contributed by atoms with Gasteiger partial charge in [-0.2, -0.15) is 0 Å². The summed E-state index contributed by atoms with van der Waals surface area (Å²) in [7, 11) is 0. The molecule has 4 aromatic rings. The van der Waals surface area contributed by atoms with Gasteiger partial charge in [0.05, 0.1) is 17.3 Å². The van der Waals surface area contributed by atoms with Crippen molar-refractivity contribution < 1.29 is 13.2 Å². The number of pyridine rings is 1. The topological polar surface area (TPSA) is 41.3 Å². The van der Waals surface area contributed by atoms with Crippen LogP contribution in [0.4, 0.5) is 14.5 Å². The molecule has 1 N–H and O–H groups in total. The minimum Gasteiger partial charge on any atom is -0.459 e. The first-order valence-corrected chi connectivity index (χ1v) is 11.0. The van der Waals surface area contributed by atoms with Crippen LogP contribution in [0.1, 0.15) is 23.5 Å². The van der Waals surface area contributed by atoms with Crippen LogP contribution in [0.5, 0.6) is 0 Å². The zero-order chi connectivity index (χ0) is 22.2. The summed E-state index contributed by atoms with van der Waals surface area (Å²) in [6.45, 7) is 0. The molecular formula is C24H16BrF2N3OS. The largest absolute Gasteiger partial charge is 0.459 e. The summed E-state index contributed by atoms with van der Waals surface area (Å²) in [5.74, 6) is 0.254. The number of hydrogen-bond donors (Lipinski definition) is 1. The van der Waals surface area contributed by atoms with E-state index < -0.39 is 11.9 Å². The van der Waals surface area contributed by atoms with Crippen LogP contribution in [0.2, 0.25) is 0 Å². The maximum absolute atomic E-state index is 14.5. The average molecular weight is 512 g/mol. The van der Waals surface area contributed by atoms with Crippen molar-refractivity contribution in [3.05, 3.63) is 107 Å². The van der Waals surface area contributed by atoms with Crippen LogP contribution in [-0.4, -0.2) is 10.1 Å². The van der Waals surface area contributed by atoms with Crippen LogP contribution in [0, 0.1) is 11.6 Å². The van der Waals surface area contributed by atoms with Gasteiger partial charge >= 0.3 is 0 Å². The van der Waals surface area contributed by atoms with Gasteiger partial charge in [-0.15, -0.1) is 0 Å². The van der Waals surface area contributed by atoms with E-state index in [4.69, 9.17) is 16.6 Å². The predicted octanol–water partition coefficient (Wildman–Crippen LogP) is 6.56. The van der Waals surface area contributed by atoms with Crippen molar-refractivity contribution in [3.63, 3.8) is 0 Å². The molecule has 1 saturated heterocycles. The number of rotatable bonds is 4. The van der Waals surface area contributed by atoms with E-state index in [-0.39, 0.29) is 11.9 Å². The van der Waals surface area contributed by atoms with Crippen LogP contribution in [0.25, 0.3) is 11.3 Å². The van der Waals surface area contributed by atoms with E-state index in [1.54, 1.807) is 36.5 Å². The summed E-state index contributed by atoms with van der Waals surface area (Å²) < 4.78 is 34.9. The van der Waals surface area contributed by atoms with Crippen molar-refractivity contribution in [1.82, 2.24) is 10.3 Å². The molecule has 2 atom stereocenters. The highest BCUT2D eigenvalue weighted by molar-refractivity contribution is 9.10. The lowest BCUT2D eigenvalue weighted by Gasteiger charge is -2.26. The molecule has 0 saturated carbocycles. The highest BCUT2D eigenvalue weighted by Gasteiger charge is 2.42. The first-order chi connectivity index (χ1) is 15.5. The van der Waals surface area contributed by atoms with Gasteiger partial charge in [0.25, 0.3) is 0 Å². The lowest BCUT2D eigenvalue weighted by molar-refractivity contribution is 0.438. The zero-order valence-corrected chi connectivity index (χ0v) is 18.9. The fraction of sp³-hybridized carbons (Fsp3) is 0.0833. The minimum absolute atomic E-state index is 0.317. The second-order valence-corrected chi connectivity index (χ2v) is 8.60. The second-order valence-electron chi connectivity index (χ2n) is 7.30. The fourth-order valence-corrected chi connectivity index (χ4v) is 4.55. The number of thiocarbonyl (C=S) groups is 1. The van der Waals surface area contributed by atoms with Crippen molar-refractivity contribution in [2.24, 2.45) is 0 Å². The maximum atomic E-state index is 14.5. The van der Waals surface area contributed by atoms with E-state index in [2.05, 4.69) is 26.2 Å². The molecule has 5 rings (SSSR count). The van der Waals surface area contributed by atoms with E-state index in [0.717, 1.165) is 5.69 Å². The Kier molecular flexibility index (Phi) is 5.48. The molecule has 0 aliphatic carbocycles. The highest BCUT2D eigenvalue weighted by atomic mass is 79.9. The Morgan fingerprint density at radius 3 is 2.53 bits per heavy atom. The average Bonchev–Trinajstić information content (AvgIpc) is 3.39. The summed E-state index contributed by atoms with van der Waals surface area (Å²) in [4.78, 5) is 6.36. The molecule has 4 nitrogen and oxygen atoms in total. The van der Waals surface area contributed by atoms with Crippen molar-refractivity contribution in [1.29, 1.82) is 0 Å². The number of anilines is 1. The number of halogens is 3. The van der Waals surface area contributed by atoms with Crippen LogP contribution >= 0.6 is 28.1 Å². The molecule has 1 aliphatic rings. The Bertz CT molecular complexity index is 1280. The van der Waals surface area contributed by atoms with Crippen molar-refractivity contribution in [3.8, 4) is 11.3 Å². The monoisotopic (exact) mass is 511 g/mol. The number of aromatic nitrogens is 1. The number of nitrogens with zero attached hydrogens (tertiary/aromatic N) is 2. The molecule has 2 aromatic heterocycles. The van der Waals surface area contributed by atoms with Crippen LogP contribution < -0.4 is 10.2 Å². The molecule has 160 valence electrons. The van der Waals surface area contributed by atoms with Gasteiger partial charge in [-0.3, -0.25) is 4.98 Å². The fourth-order valence-electron chi connectivity index (χ4n) is 3.87. The van der Waals surface area contributed by atoms with E-state index >= 15 is 0 Å². The molecule has 32 heavy (non-hydrogen) atoms. The minimum atomic E-state index is -0.407. The van der Waals surface area contributed by atoms with Crippen LogP contribution in [0.15, 0.2) is 87.9 Å². The SMILES string of the molecule is Fc1ccc(N2C(=S)N[C@H](c3ccccn3)[C@H]2c2ccc(-c3ccc(Br)cc3F)o2)cc1. The molecule has 0 bridgehead atoms. The third-order valence-corrected chi connectivity index (χ3v) is 6.13. The van der Waals surface area contributed by atoms with Gasteiger partial charge < -0.3 is 14.6 Å². The van der Waals surface area contributed by atoms with Gasteiger partial charge in [0.2, 0.25) is 0 Å². The van der Waals surface area contributed by atoms with Crippen LogP contribution in [0.3, 0.4) is 0 Å². The molecule has 8 heteroatoms. The summed E-state index contributed by atoms with van der Waals surface area (Å²) in [6.07, 6.45) is 1.71. The molecule has 0 radical (unpaired) electrons. The maximum Gasteiger partial charge on any atom is 0.174 e. The Hall–Kier alpha value is -3.10. The molecular weight excluding hydrogens is 496 g/mol. The van der Waals surface area contributed by atoms with E-state index in [1.807, 2.05) is 29.2 Å². The molecule has 0 spiro atoms. The molecule has 1 fully saturated rings. The zero-order valence-electron chi connectivity index (χ0n) is 16.5. The lowest BCUT2D eigenvalue weighted by Crippen LogP contribution is -2.29. The summed E-state index contributed by atoms with van der Waals surface area (Å²) in [5.41, 5.74) is 1.84. The highest BCUT2D eigenvalue weighted by Crippen LogP contribution is 2.43.